The third-order valence-corrected chi connectivity index (χ3v) is 4.24. The zero-order valence-corrected chi connectivity index (χ0v) is 14.1. The molecule has 3 heteroatoms. The van der Waals surface area contributed by atoms with Gasteiger partial charge in [0.2, 0.25) is 0 Å². The largest absolute Gasteiger partial charge is 0.370 e. The molecule has 21 heavy (non-hydrogen) atoms. The van der Waals surface area contributed by atoms with Gasteiger partial charge in [-0.2, -0.15) is 0 Å². The van der Waals surface area contributed by atoms with Crippen LogP contribution in [0.4, 0.5) is 5.82 Å². The molecule has 0 unspecified atom stereocenters. The Balaban J connectivity index is 2.07. The van der Waals surface area contributed by atoms with Gasteiger partial charge in [-0.05, 0) is 41.7 Å². The Kier molecular flexibility index (Phi) is 5.29. The fourth-order valence-corrected chi connectivity index (χ4v) is 2.83. The molecule has 0 saturated carbocycles. The first-order valence-electron chi connectivity index (χ1n) is 7.47. The van der Waals surface area contributed by atoms with Gasteiger partial charge in [-0.25, -0.2) is 4.98 Å². The van der Waals surface area contributed by atoms with E-state index in [2.05, 4.69) is 74.4 Å². The summed E-state index contributed by atoms with van der Waals surface area (Å²) in [4.78, 5) is 6.82. The van der Waals surface area contributed by atoms with Crippen molar-refractivity contribution in [3.05, 3.63) is 48.2 Å². The van der Waals surface area contributed by atoms with E-state index in [1.807, 2.05) is 6.20 Å². The quantitative estimate of drug-likeness (QED) is 0.805. The van der Waals surface area contributed by atoms with E-state index in [0.29, 0.717) is 0 Å². The first-order chi connectivity index (χ1) is 9.99. The highest BCUT2D eigenvalue weighted by molar-refractivity contribution is 7.99. The summed E-state index contributed by atoms with van der Waals surface area (Å²) in [6.45, 7) is 9.83. The van der Waals surface area contributed by atoms with Crippen molar-refractivity contribution in [1.82, 2.24) is 4.98 Å². The number of aromatic nitrogens is 1. The van der Waals surface area contributed by atoms with Crippen LogP contribution >= 0.6 is 11.8 Å². The molecule has 0 atom stereocenters. The van der Waals surface area contributed by atoms with Crippen molar-refractivity contribution >= 4 is 17.6 Å². The number of pyridine rings is 1. The SMILES string of the molecule is CCCNc1cc(Sc2ccc(C(C)(C)C)cc2)ccn1. The second-order valence-corrected chi connectivity index (χ2v) is 7.33. The van der Waals surface area contributed by atoms with E-state index in [4.69, 9.17) is 0 Å². The summed E-state index contributed by atoms with van der Waals surface area (Å²) in [5.74, 6) is 0.952. The second-order valence-electron chi connectivity index (χ2n) is 6.18. The Morgan fingerprint density at radius 3 is 2.38 bits per heavy atom. The number of anilines is 1. The Morgan fingerprint density at radius 2 is 1.76 bits per heavy atom. The maximum Gasteiger partial charge on any atom is 0.127 e. The van der Waals surface area contributed by atoms with Crippen LogP contribution in [0, 0.1) is 0 Å². The molecule has 1 heterocycles. The second kappa shape index (κ2) is 6.99. The summed E-state index contributed by atoms with van der Waals surface area (Å²) < 4.78 is 0. The summed E-state index contributed by atoms with van der Waals surface area (Å²) in [5.41, 5.74) is 1.57. The van der Waals surface area contributed by atoms with Gasteiger partial charge in [-0.1, -0.05) is 51.6 Å². The smallest absolute Gasteiger partial charge is 0.127 e. The van der Waals surface area contributed by atoms with E-state index in [0.717, 1.165) is 18.8 Å². The van der Waals surface area contributed by atoms with Gasteiger partial charge in [0, 0.05) is 22.5 Å². The molecule has 1 N–H and O–H groups in total. The van der Waals surface area contributed by atoms with Crippen LogP contribution in [0.15, 0.2) is 52.4 Å². The van der Waals surface area contributed by atoms with Gasteiger partial charge in [-0.3, -0.25) is 0 Å². The van der Waals surface area contributed by atoms with Crippen molar-refractivity contribution in [2.75, 3.05) is 11.9 Å². The van der Waals surface area contributed by atoms with Crippen LogP contribution in [-0.2, 0) is 5.41 Å². The zero-order valence-electron chi connectivity index (χ0n) is 13.3. The first kappa shape index (κ1) is 15.9. The Bertz CT molecular complexity index is 571. The third kappa shape index (κ3) is 4.78. The lowest BCUT2D eigenvalue weighted by molar-refractivity contribution is 0.590. The normalized spacial score (nSPS) is 11.4. The van der Waals surface area contributed by atoms with Gasteiger partial charge in [-0.15, -0.1) is 0 Å². The molecule has 1 aromatic heterocycles. The summed E-state index contributed by atoms with van der Waals surface area (Å²) >= 11 is 1.77. The Hall–Kier alpha value is -1.48. The number of benzene rings is 1. The van der Waals surface area contributed by atoms with Crippen molar-refractivity contribution in [2.24, 2.45) is 0 Å². The van der Waals surface area contributed by atoms with E-state index < -0.39 is 0 Å². The van der Waals surface area contributed by atoms with Gasteiger partial charge in [0.1, 0.15) is 5.82 Å². The molecule has 0 amide bonds. The molecule has 0 fully saturated rings. The summed E-state index contributed by atoms with van der Waals surface area (Å²) in [5, 5.41) is 3.33. The van der Waals surface area contributed by atoms with E-state index in [-0.39, 0.29) is 5.41 Å². The molecule has 0 aliphatic heterocycles. The molecule has 0 aliphatic carbocycles. The van der Waals surface area contributed by atoms with Gasteiger partial charge < -0.3 is 5.32 Å². The van der Waals surface area contributed by atoms with Crippen molar-refractivity contribution in [3.8, 4) is 0 Å². The number of nitrogens with zero attached hydrogens (tertiary/aromatic N) is 1. The maximum absolute atomic E-state index is 4.34. The lowest BCUT2D eigenvalue weighted by atomic mass is 9.87. The lowest BCUT2D eigenvalue weighted by Crippen LogP contribution is -2.10. The molecule has 0 radical (unpaired) electrons. The number of nitrogens with one attached hydrogen (secondary N) is 1. The summed E-state index contributed by atoms with van der Waals surface area (Å²) in [6.07, 6.45) is 2.97. The van der Waals surface area contributed by atoms with E-state index >= 15 is 0 Å². The molecule has 0 aliphatic rings. The minimum Gasteiger partial charge on any atom is -0.370 e. The molecule has 2 nitrogen and oxygen atoms in total. The van der Waals surface area contributed by atoms with Gasteiger partial charge in [0.15, 0.2) is 0 Å². The molecular formula is C18H24N2S. The topological polar surface area (TPSA) is 24.9 Å². The van der Waals surface area contributed by atoms with Crippen LogP contribution in [0.25, 0.3) is 0 Å². The molecule has 0 spiro atoms. The van der Waals surface area contributed by atoms with E-state index in [1.54, 1.807) is 11.8 Å². The number of hydrogen-bond donors (Lipinski definition) is 1. The molecular weight excluding hydrogens is 276 g/mol. The van der Waals surface area contributed by atoms with Crippen molar-refractivity contribution in [1.29, 1.82) is 0 Å². The van der Waals surface area contributed by atoms with Crippen LogP contribution < -0.4 is 5.32 Å². The van der Waals surface area contributed by atoms with E-state index in [9.17, 15) is 0 Å². The van der Waals surface area contributed by atoms with Crippen LogP contribution in [0.5, 0.6) is 0 Å². The Labute approximate surface area is 132 Å². The molecule has 0 bridgehead atoms. The van der Waals surface area contributed by atoms with Crippen LogP contribution in [0.1, 0.15) is 39.7 Å². The van der Waals surface area contributed by atoms with Crippen LogP contribution in [0.2, 0.25) is 0 Å². The van der Waals surface area contributed by atoms with Gasteiger partial charge in [0.05, 0.1) is 0 Å². The molecule has 2 aromatic rings. The predicted octanol–water partition coefficient (Wildman–Crippen LogP) is 5.35. The molecule has 112 valence electrons. The number of hydrogen-bond acceptors (Lipinski definition) is 3. The van der Waals surface area contributed by atoms with Gasteiger partial charge in [0.25, 0.3) is 0 Å². The fraction of sp³-hybridized carbons (Fsp3) is 0.389. The van der Waals surface area contributed by atoms with Crippen LogP contribution in [-0.4, -0.2) is 11.5 Å². The molecule has 1 aromatic carbocycles. The first-order valence-corrected chi connectivity index (χ1v) is 8.29. The minimum absolute atomic E-state index is 0.205. The molecule has 0 saturated heterocycles. The minimum atomic E-state index is 0.205. The molecule has 2 rings (SSSR count). The van der Waals surface area contributed by atoms with Crippen molar-refractivity contribution < 1.29 is 0 Å². The summed E-state index contributed by atoms with van der Waals surface area (Å²) in [7, 11) is 0. The Morgan fingerprint density at radius 1 is 1.05 bits per heavy atom. The average molecular weight is 300 g/mol. The van der Waals surface area contributed by atoms with Crippen LogP contribution in [0.3, 0.4) is 0 Å². The lowest BCUT2D eigenvalue weighted by Gasteiger charge is -2.19. The summed E-state index contributed by atoms with van der Waals surface area (Å²) in [6, 6.07) is 13.0. The standard InChI is InChI=1S/C18H24N2S/c1-5-11-19-17-13-16(10-12-20-17)21-15-8-6-14(7-9-15)18(2,3)4/h6-10,12-13H,5,11H2,1-4H3,(H,19,20). The average Bonchev–Trinajstić information content (AvgIpc) is 2.45. The zero-order chi connectivity index (χ0) is 15.3. The monoisotopic (exact) mass is 300 g/mol. The fourth-order valence-electron chi connectivity index (χ4n) is 1.98. The predicted molar refractivity (Wildman–Crippen MR) is 92.3 cm³/mol. The maximum atomic E-state index is 4.34. The van der Waals surface area contributed by atoms with Crippen molar-refractivity contribution in [2.45, 2.75) is 49.3 Å². The van der Waals surface area contributed by atoms with Gasteiger partial charge >= 0.3 is 0 Å². The highest BCUT2D eigenvalue weighted by Crippen LogP contribution is 2.30. The highest BCUT2D eigenvalue weighted by atomic mass is 32.2. The highest BCUT2D eigenvalue weighted by Gasteiger charge is 2.12. The third-order valence-electron chi connectivity index (χ3n) is 3.24. The van der Waals surface area contributed by atoms with Crippen molar-refractivity contribution in [3.63, 3.8) is 0 Å². The van der Waals surface area contributed by atoms with E-state index in [1.165, 1.54) is 15.4 Å². The number of rotatable bonds is 5.